The maximum atomic E-state index is 11.7. The number of rotatable bonds is 8. The zero-order valence-corrected chi connectivity index (χ0v) is 12.9. The van der Waals surface area contributed by atoms with Crippen LogP contribution in [0.15, 0.2) is 0 Å². The Kier molecular flexibility index (Phi) is 7.33. The first kappa shape index (κ1) is 16.9. The predicted octanol–water partition coefficient (Wildman–Crippen LogP) is 2.47. The lowest BCUT2D eigenvalue weighted by Crippen LogP contribution is -2.27. The largest absolute Gasteiger partial charge is 0.316 e. The summed E-state index contributed by atoms with van der Waals surface area (Å²) in [5, 5.41) is 3.21. The van der Waals surface area contributed by atoms with Crippen LogP contribution in [0.5, 0.6) is 0 Å². The van der Waals surface area contributed by atoms with Gasteiger partial charge in [-0.3, -0.25) is 0 Å². The highest BCUT2D eigenvalue weighted by molar-refractivity contribution is 7.91. The minimum Gasteiger partial charge on any atom is -0.316 e. The van der Waals surface area contributed by atoms with Gasteiger partial charge in [0, 0.05) is 6.54 Å². The topological polar surface area (TPSA) is 46.2 Å². The Bertz CT molecular complexity index is 289. The minimum atomic E-state index is -2.86. The molecule has 1 N–H and O–H groups in total. The van der Waals surface area contributed by atoms with Crippen LogP contribution in [0.3, 0.4) is 0 Å². The van der Waals surface area contributed by atoms with E-state index in [1.165, 1.54) is 0 Å². The standard InChI is InChI=1S/C13H29NO2S/c1-12(2)6-10-17(15,16)11-9-14-8-7-13(3,4)5/h12,14H,6-11H2,1-5H3. The van der Waals surface area contributed by atoms with E-state index in [9.17, 15) is 8.42 Å². The second kappa shape index (κ2) is 7.37. The molecule has 0 spiro atoms. The second-order valence-electron chi connectivity index (χ2n) is 6.40. The van der Waals surface area contributed by atoms with E-state index in [1.54, 1.807) is 0 Å². The molecule has 0 aromatic heterocycles. The maximum Gasteiger partial charge on any atom is 0.151 e. The molecule has 0 aliphatic heterocycles. The van der Waals surface area contributed by atoms with Crippen LogP contribution in [0.25, 0.3) is 0 Å². The lowest BCUT2D eigenvalue weighted by Gasteiger charge is -2.18. The third-order valence-corrected chi connectivity index (χ3v) is 4.33. The monoisotopic (exact) mass is 263 g/mol. The van der Waals surface area contributed by atoms with Crippen molar-refractivity contribution in [3.8, 4) is 0 Å². The Morgan fingerprint density at radius 3 is 2.12 bits per heavy atom. The van der Waals surface area contributed by atoms with Crippen molar-refractivity contribution in [1.82, 2.24) is 5.32 Å². The summed E-state index contributed by atoms with van der Waals surface area (Å²) in [5.41, 5.74) is 0.309. The van der Waals surface area contributed by atoms with Gasteiger partial charge in [-0.2, -0.15) is 0 Å². The van der Waals surface area contributed by atoms with Gasteiger partial charge in [0.2, 0.25) is 0 Å². The Balaban J connectivity index is 3.67. The second-order valence-corrected chi connectivity index (χ2v) is 8.70. The van der Waals surface area contributed by atoms with Gasteiger partial charge < -0.3 is 5.32 Å². The molecule has 3 nitrogen and oxygen atoms in total. The molecule has 0 bridgehead atoms. The van der Waals surface area contributed by atoms with Gasteiger partial charge in [0.15, 0.2) is 9.84 Å². The average Bonchev–Trinajstić information content (AvgIpc) is 2.12. The third-order valence-electron chi connectivity index (χ3n) is 2.65. The van der Waals surface area contributed by atoms with Crippen molar-refractivity contribution in [1.29, 1.82) is 0 Å². The molecular formula is C13H29NO2S. The lowest BCUT2D eigenvalue weighted by atomic mass is 9.92. The van der Waals surface area contributed by atoms with E-state index in [0.29, 0.717) is 23.6 Å². The van der Waals surface area contributed by atoms with E-state index < -0.39 is 9.84 Å². The van der Waals surface area contributed by atoms with Gasteiger partial charge in [-0.05, 0) is 30.7 Å². The fourth-order valence-corrected chi connectivity index (χ4v) is 2.82. The molecule has 0 atom stereocenters. The van der Waals surface area contributed by atoms with E-state index in [0.717, 1.165) is 19.4 Å². The molecule has 0 saturated carbocycles. The fourth-order valence-electron chi connectivity index (χ4n) is 1.33. The van der Waals surface area contributed by atoms with Crippen molar-refractivity contribution in [2.24, 2.45) is 11.3 Å². The summed E-state index contributed by atoms with van der Waals surface area (Å²) in [4.78, 5) is 0. The molecular weight excluding hydrogens is 234 g/mol. The van der Waals surface area contributed by atoms with Crippen molar-refractivity contribution in [2.75, 3.05) is 24.6 Å². The summed E-state index contributed by atoms with van der Waals surface area (Å²) in [7, 11) is -2.86. The van der Waals surface area contributed by atoms with E-state index >= 15 is 0 Å². The number of hydrogen-bond acceptors (Lipinski definition) is 3. The summed E-state index contributed by atoms with van der Waals surface area (Å²) in [6.07, 6.45) is 1.84. The molecule has 0 aliphatic rings. The van der Waals surface area contributed by atoms with Crippen LogP contribution in [0.4, 0.5) is 0 Å². The highest BCUT2D eigenvalue weighted by Gasteiger charge is 2.12. The Morgan fingerprint density at radius 2 is 1.65 bits per heavy atom. The smallest absolute Gasteiger partial charge is 0.151 e. The molecule has 0 heterocycles. The van der Waals surface area contributed by atoms with Crippen molar-refractivity contribution >= 4 is 9.84 Å². The Labute approximate surface area is 107 Å². The zero-order valence-electron chi connectivity index (χ0n) is 12.0. The molecule has 0 radical (unpaired) electrons. The lowest BCUT2D eigenvalue weighted by molar-refractivity contribution is 0.369. The van der Waals surface area contributed by atoms with E-state index in [2.05, 4.69) is 39.9 Å². The fraction of sp³-hybridized carbons (Fsp3) is 1.00. The van der Waals surface area contributed by atoms with Crippen LogP contribution < -0.4 is 5.32 Å². The molecule has 0 rings (SSSR count). The van der Waals surface area contributed by atoms with E-state index in [1.807, 2.05) is 0 Å². The Morgan fingerprint density at radius 1 is 1.06 bits per heavy atom. The summed E-state index contributed by atoms with van der Waals surface area (Å²) in [6, 6.07) is 0. The average molecular weight is 263 g/mol. The van der Waals surface area contributed by atoms with E-state index in [-0.39, 0.29) is 5.75 Å². The van der Waals surface area contributed by atoms with Crippen molar-refractivity contribution in [2.45, 2.75) is 47.5 Å². The molecule has 0 aromatic carbocycles. The number of sulfone groups is 1. The summed E-state index contributed by atoms with van der Waals surface area (Å²) < 4.78 is 23.3. The highest BCUT2D eigenvalue weighted by Crippen LogP contribution is 2.16. The molecule has 0 saturated heterocycles. The van der Waals surface area contributed by atoms with Gasteiger partial charge in [0.1, 0.15) is 0 Å². The first-order valence-electron chi connectivity index (χ1n) is 6.53. The number of hydrogen-bond donors (Lipinski definition) is 1. The first-order chi connectivity index (χ1) is 7.62. The first-order valence-corrected chi connectivity index (χ1v) is 8.36. The predicted molar refractivity (Wildman–Crippen MR) is 75.1 cm³/mol. The molecule has 0 unspecified atom stereocenters. The normalized spacial score (nSPS) is 13.3. The minimum absolute atomic E-state index is 0.268. The van der Waals surface area contributed by atoms with Gasteiger partial charge in [-0.1, -0.05) is 34.6 Å². The van der Waals surface area contributed by atoms with Crippen LogP contribution in [0.1, 0.15) is 47.5 Å². The highest BCUT2D eigenvalue weighted by atomic mass is 32.2. The van der Waals surface area contributed by atoms with Crippen molar-refractivity contribution < 1.29 is 8.42 Å². The molecule has 104 valence electrons. The van der Waals surface area contributed by atoms with Crippen molar-refractivity contribution in [3.05, 3.63) is 0 Å². The molecule has 0 aliphatic carbocycles. The van der Waals surface area contributed by atoms with Crippen molar-refractivity contribution in [3.63, 3.8) is 0 Å². The van der Waals surface area contributed by atoms with Crippen LogP contribution in [0, 0.1) is 11.3 Å². The van der Waals surface area contributed by atoms with Gasteiger partial charge in [0.05, 0.1) is 11.5 Å². The van der Waals surface area contributed by atoms with Crippen LogP contribution in [-0.4, -0.2) is 33.0 Å². The summed E-state index contributed by atoms with van der Waals surface area (Å²) in [5.74, 6) is 1.05. The molecule has 17 heavy (non-hydrogen) atoms. The zero-order chi connectivity index (χ0) is 13.5. The van der Waals surface area contributed by atoms with Crippen LogP contribution in [0.2, 0.25) is 0 Å². The number of nitrogens with one attached hydrogen (secondary N) is 1. The Hall–Kier alpha value is -0.0900. The SMILES string of the molecule is CC(C)CCS(=O)(=O)CCNCCC(C)(C)C. The molecule has 0 aromatic rings. The molecule has 0 fully saturated rings. The molecule has 4 heteroatoms. The molecule has 0 amide bonds. The van der Waals surface area contributed by atoms with E-state index in [4.69, 9.17) is 0 Å². The summed E-state index contributed by atoms with van der Waals surface area (Å²) >= 11 is 0. The van der Waals surface area contributed by atoms with Gasteiger partial charge in [0.25, 0.3) is 0 Å². The van der Waals surface area contributed by atoms with Gasteiger partial charge in [-0.25, -0.2) is 8.42 Å². The maximum absolute atomic E-state index is 11.7. The quantitative estimate of drug-likeness (QED) is 0.684. The third kappa shape index (κ3) is 12.2. The summed E-state index contributed by atoms with van der Waals surface area (Å²) in [6.45, 7) is 12.1. The van der Waals surface area contributed by atoms with Gasteiger partial charge >= 0.3 is 0 Å². The van der Waals surface area contributed by atoms with Crippen LogP contribution >= 0.6 is 0 Å². The van der Waals surface area contributed by atoms with Crippen LogP contribution in [-0.2, 0) is 9.84 Å². The van der Waals surface area contributed by atoms with Gasteiger partial charge in [-0.15, -0.1) is 0 Å².